The van der Waals surface area contributed by atoms with Gasteiger partial charge < -0.3 is 10.1 Å². The highest BCUT2D eigenvalue weighted by atomic mass is 35.5. The van der Waals surface area contributed by atoms with Crippen LogP contribution in [-0.4, -0.2) is 12.0 Å². The van der Waals surface area contributed by atoms with Crippen molar-refractivity contribution in [3.05, 3.63) is 44.2 Å². The summed E-state index contributed by atoms with van der Waals surface area (Å²) in [6.07, 6.45) is 3.32. The third-order valence-corrected chi connectivity index (χ3v) is 5.82. The molecule has 3 rings (SSSR count). The first-order chi connectivity index (χ1) is 12.0. The van der Waals surface area contributed by atoms with E-state index in [4.69, 9.17) is 27.9 Å². The van der Waals surface area contributed by atoms with Gasteiger partial charge in [0.1, 0.15) is 16.8 Å². The number of benzene rings is 1. The number of nitrogens with zero attached hydrogens (tertiary/aromatic N) is 1. The molecule has 130 valence electrons. The molecule has 2 aromatic rings. The van der Waals surface area contributed by atoms with E-state index in [1.807, 2.05) is 0 Å². The minimum absolute atomic E-state index is 0.318. The van der Waals surface area contributed by atoms with E-state index >= 15 is 0 Å². The number of fused-ring (bicyclic) bond motifs is 1. The van der Waals surface area contributed by atoms with Gasteiger partial charge in [-0.05, 0) is 56.4 Å². The molecule has 0 unspecified atom stereocenters. The minimum atomic E-state index is -0.760. The first kappa shape index (κ1) is 18.1. The molecular weight excluding hydrogens is 379 g/mol. The molecule has 1 amide bonds. The number of aryl methyl sites for hydroxylation is 1. The molecule has 1 atom stereocenters. The van der Waals surface area contributed by atoms with Crippen LogP contribution in [0.4, 0.5) is 5.00 Å². The second-order valence-electron chi connectivity index (χ2n) is 5.85. The van der Waals surface area contributed by atoms with E-state index in [0.717, 1.165) is 31.2 Å². The molecule has 0 aliphatic heterocycles. The first-order valence-corrected chi connectivity index (χ1v) is 9.54. The van der Waals surface area contributed by atoms with E-state index in [-0.39, 0.29) is 5.91 Å². The second kappa shape index (κ2) is 7.65. The number of carbonyl (C=O) groups is 1. The number of amides is 1. The topological polar surface area (TPSA) is 62.1 Å². The van der Waals surface area contributed by atoms with Gasteiger partial charge in [-0.25, -0.2) is 0 Å². The Bertz CT molecular complexity index is 857. The lowest BCUT2D eigenvalue weighted by Crippen LogP contribution is -2.30. The molecule has 7 heteroatoms. The van der Waals surface area contributed by atoms with Crippen molar-refractivity contribution in [2.75, 3.05) is 5.32 Å². The largest absolute Gasteiger partial charge is 0.479 e. The normalized spacial score (nSPS) is 14.3. The third-order valence-electron chi connectivity index (χ3n) is 4.09. The average Bonchev–Trinajstić information content (AvgIpc) is 2.94. The lowest BCUT2D eigenvalue weighted by atomic mass is 9.96. The first-order valence-electron chi connectivity index (χ1n) is 7.96. The van der Waals surface area contributed by atoms with Gasteiger partial charge in [0, 0.05) is 9.90 Å². The van der Waals surface area contributed by atoms with E-state index in [1.165, 1.54) is 16.2 Å². The van der Waals surface area contributed by atoms with Crippen molar-refractivity contribution >= 4 is 45.4 Å². The monoisotopic (exact) mass is 394 g/mol. The summed E-state index contributed by atoms with van der Waals surface area (Å²) >= 11 is 13.4. The minimum Gasteiger partial charge on any atom is -0.479 e. The maximum atomic E-state index is 12.5. The van der Waals surface area contributed by atoms with Crippen molar-refractivity contribution < 1.29 is 9.53 Å². The number of hydrogen-bond acceptors (Lipinski definition) is 4. The van der Waals surface area contributed by atoms with Gasteiger partial charge in [-0.3, -0.25) is 4.79 Å². The molecule has 0 spiro atoms. The zero-order valence-electron chi connectivity index (χ0n) is 13.6. The molecule has 1 aliphatic carbocycles. The van der Waals surface area contributed by atoms with E-state index in [2.05, 4.69) is 11.4 Å². The highest BCUT2D eigenvalue weighted by Gasteiger charge is 2.24. The van der Waals surface area contributed by atoms with Crippen molar-refractivity contribution in [2.45, 2.75) is 38.7 Å². The molecular formula is C18H16Cl2N2O2S. The Hall–Kier alpha value is -1.74. The zero-order chi connectivity index (χ0) is 18.0. The summed E-state index contributed by atoms with van der Waals surface area (Å²) in [4.78, 5) is 13.7. The predicted molar refractivity (Wildman–Crippen MR) is 101 cm³/mol. The van der Waals surface area contributed by atoms with E-state index in [0.29, 0.717) is 26.4 Å². The van der Waals surface area contributed by atoms with E-state index in [9.17, 15) is 10.1 Å². The number of rotatable bonds is 4. The zero-order valence-corrected chi connectivity index (χ0v) is 15.9. The lowest BCUT2D eigenvalue weighted by Gasteiger charge is -2.15. The molecule has 0 radical (unpaired) electrons. The number of thiophene rings is 1. The number of nitrogens with one attached hydrogen (secondary N) is 1. The Labute approximate surface area is 160 Å². The van der Waals surface area contributed by atoms with Crippen LogP contribution in [0.25, 0.3) is 0 Å². The maximum Gasteiger partial charge on any atom is 0.265 e. The fourth-order valence-corrected chi connectivity index (χ4v) is 4.50. The summed E-state index contributed by atoms with van der Waals surface area (Å²) in [6, 6.07) is 7.06. The van der Waals surface area contributed by atoms with Gasteiger partial charge in [0.25, 0.3) is 5.91 Å². The third kappa shape index (κ3) is 3.92. The number of anilines is 1. The molecule has 1 aliphatic rings. The molecule has 1 aromatic carbocycles. The van der Waals surface area contributed by atoms with Crippen LogP contribution in [0, 0.1) is 11.3 Å². The number of halogens is 2. The molecule has 1 heterocycles. The molecule has 0 saturated heterocycles. The molecule has 4 nitrogen and oxygen atoms in total. The molecule has 1 N–H and O–H groups in total. The van der Waals surface area contributed by atoms with Gasteiger partial charge in [-0.15, -0.1) is 11.3 Å². The fraction of sp³-hybridized carbons (Fsp3) is 0.333. The lowest BCUT2D eigenvalue weighted by molar-refractivity contribution is -0.122. The number of nitriles is 1. The van der Waals surface area contributed by atoms with Crippen molar-refractivity contribution in [3.63, 3.8) is 0 Å². The van der Waals surface area contributed by atoms with Gasteiger partial charge in [0.2, 0.25) is 0 Å². The van der Waals surface area contributed by atoms with Crippen LogP contribution in [0.3, 0.4) is 0 Å². The summed E-state index contributed by atoms with van der Waals surface area (Å²) in [5.74, 6) is 0.0702. The number of ether oxygens (including phenoxy) is 1. The maximum absolute atomic E-state index is 12.5. The molecule has 1 aromatic heterocycles. The van der Waals surface area contributed by atoms with Crippen molar-refractivity contribution in [2.24, 2.45) is 0 Å². The van der Waals surface area contributed by atoms with Gasteiger partial charge >= 0.3 is 0 Å². The Kier molecular flexibility index (Phi) is 5.53. The Morgan fingerprint density at radius 1 is 1.36 bits per heavy atom. The SMILES string of the molecule is C[C@H](Oc1ccc(Cl)cc1Cl)C(=O)Nc1sc2c(c1C#N)CCCC2. The second-order valence-corrected chi connectivity index (χ2v) is 7.80. The van der Waals surface area contributed by atoms with Crippen LogP contribution < -0.4 is 10.1 Å². The average molecular weight is 395 g/mol. The standard InChI is InChI=1S/C18H16Cl2N2O2S/c1-10(24-15-7-6-11(19)8-14(15)20)17(23)22-18-13(9-21)12-4-2-3-5-16(12)25-18/h6-8,10H,2-5H2,1H3,(H,22,23)/t10-/m0/s1. The molecule has 0 bridgehead atoms. The highest BCUT2D eigenvalue weighted by molar-refractivity contribution is 7.16. The summed E-state index contributed by atoms with van der Waals surface area (Å²) in [6.45, 7) is 1.64. The molecule has 25 heavy (non-hydrogen) atoms. The number of hydrogen-bond donors (Lipinski definition) is 1. The molecule has 0 fully saturated rings. The van der Waals surface area contributed by atoms with Crippen LogP contribution >= 0.6 is 34.5 Å². The van der Waals surface area contributed by atoms with Crippen LogP contribution in [-0.2, 0) is 17.6 Å². The van der Waals surface area contributed by atoms with Gasteiger partial charge in [-0.2, -0.15) is 5.26 Å². The predicted octanol–water partition coefficient (Wildman–Crippen LogP) is 5.21. The van der Waals surface area contributed by atoms with Crippen LogP contribution in [0.15, 0.2) is 18.2 Å². The Morgan fingerprint density at radius 2 is 2.12 bits per heavy atom. The highest BCUT2D eigenvalue weighted by Crippen LogP contribution is 2.37. The number of carbonyl (C=O) groups excluding carboxylic acids is 1. The van der Waals surface area contributed by atoms with Crippen molar-refractivity contribution in [1.82, 2.24) is 0 Å². The fourth-order valence-electron chi connectivity index (χ4n) is 2.80. The van der Waals surface area contributed by atoms with Crippen molar-refractivity contribution in [3.8, 4) is 11.8 Å². The summed E-state index contributed by atoms with van der Waals surface area (Å²) in [7, 11) is 0. The van der Waals surface area contributed by atoms with Gasteiger partial charge in [-0.1, -0.05) is 23.2 Å². The summed E-state index contributed by atoms with van der Waals surface area (Å²) in [5.41, 5.74) is 1.67. The summed E-state index contributed by atoms with van der Waals surface area (Å²) < 4.78 is 5.63. The van der Waals surface area contributed by atoms with Crippen molar-refractivity contribution in [1.29, 1.82) is 5.26 Å². The van der Waals surface area contributed by atoms with Gasteiger partial charge in [0.05, 0.1) is 10.6 Å². The quantitative estimate of drug-likeness (QED) is 0.773. The van der Waals surface area contributed by atoms with E-state index < -0.39 is 6.10 Å². The van der Waals surface area contributed by atoms with Crippen LogP contribution in [0.2, 0.25) is 10.0 Å². The molecule has 0 saturated carbocycles. The Morgan fingerprint density at radius 3 is 2.84 bits per heavy atom. The Balaban J connectivity index is 1.74. The van der Waals surface area contributed by atoms with Crippen LogP contribution in [0.1, 0.15) is 35.8 Å². The van der Waals surface area contributed by atoms with Gasteiger partial charge in [0.15, 0.2) is 6.10 Å². The smallest absolute Gasteiger partial charge is 0.265 e. The van der Waals surface area contributed by atoms with Crippen LogP contribution in [0.5, 0.6) is 5.75 Å². The summed E-state index contributed by atoms with van der Waals surface area (Å²) in [5, 5.41) is 13.7. The van der Waals surface area contributed by atoms with E-state index in [1.54, 1.807) is 25.1 Å².